The molecule has 0 saturated carbocycles. The molecule has 0 heterocycles. The largest absolute Gasteiger partial charge is 1.00 e. The molecule has 52 valence electrons. The number of hydrogen-bond donors (Lipinski definition) is 3. The molecule has 0 spiro atoms. The molecule has 0 aliphatic heterocycles. The summed E-state index contributed by atoms with van der Waals surface area (Å²) in [6.45, 7) is 0. The van der Waals surface area contributed by atoms with E-state index < -0.39 is 22.7 Å². The van der Waals surface area contributed by atoms with Crippen molar-refractivity contribution >= 4 is 22.7 Å². The van der Waals surface area contributed by atoms with E-state index in [1.807, 2.05) is 0 Å². The zero-order valence-electron chi connectivity index (χ0n) is 4.38. The van der Waals surface area contributed by atoms with E-state index in [-0.39, 0.29) is 29.6 Å². The first-order valence-electron chi connectivity index (χ1n) is 1.05. The molecule has 0 amide bonds. The Bertz CT molecular complexity index is 69.1. The molecule has 1 atom stereocenters. The Morgan fingerprint density at radius 3 is 1.11 bits per heavy atom. The van der Waals surface area contributed by atoms with Crippen LogP contribution in [0.25, 0.3) is 0 Å². The molecule has 0 fully saturated rings. The van der Waals surface area contributed by atoms with Crippen LogP contribution in [-0.2, 0) is 22.7 Å². The van der Waals surface area contributed by atoms with E-state index in [2.05, 4.69) is 0 Å². The van der Waals surface area contributed by atoms with Crippen molar-refractivity contribution in [2.45, 2.75) is 0 Å². The summed E-state index contributed by atoms with van der Waals surface area (Å²) in [4.78, 5) is 0. The van der Waals surface area contributed by atoms with Crippen molar-refractivity contribution in [2.24, 2.45) is 0 Å². The quantitative estimate of drug-likeness (QED) is 0.262. The normalized spacial score (nSPS) is 10.8. The van der Waals surface area contributed by atoms with Crippen LogP contribution in [0.2, 0.25) is 0 Å². The molecule has 0 radical (unpaired) electrons. The summed E-state index contributed by atoms with van der Waals surface area (Å²) in [7, 11) is 0. The Morgan fingerprint density at radius 2 is 1.11 bits per heavy atom. The van der Waals surface area contributed by atoms with Gasteiger partial charge in [0.05, 0.1) is 11.4 Å². The molecule has 1 unspecified atom stereocenters. The molecule has 3 N–H and O–H groups in total. The molecular weight excluding hydrogens is 183 g/mol. The van der Waals surface area contributed by atoms with Crippen LogP contribution < -0.4 is 29.6 Å². The molecule has 0 saturated heterocycles. The van der Waals surface area contributed by atoms with E-state index in [4.69, 9.17) is 26.6 Å². The molecule has 0 aromatic heterocycles. The van der Waals surface area contributed by atoms with Gasteiger partial charge in [-0.2, -0.15) is 4.21 Å². The van der Waals surface area contributed by atoms with Crippen molar-refractivity contribution in [3.05, 3.63) is 0 Å². The van der Waals surface area contributed by atoms with Gasteiger partial charge in [-0.1, -0.05) is 0 Å². The molecular formula is H3NaO6S2. The van der Waals surface area contributed by atoms with Crippen LogP contribution in [0.4, 0.5) is 0 Å². The van der Waals surface area contributed by atoms with Crippen molar-refractivity contribution < 1.29 is 56.2 Å². The fraction of sp³-hybridized carbons (Fsp3) is 0. The van der Waals surface area contributed by atoms with Gasteiger partial charge >= 0.3 is 29.6 Å². The zero-order chi connectivity index (χ0) is 7.15. The maximum absolute atomic E-state index is 8.67. The van der Waals surface area contributed by atoms with Gasteiger partial charge in [-0.05, 0) is 0 Å². The Hall–Kier alpha value is 1.14. The van der Waals surface area contributed by atoms with Gasteiger partial charge in [0, 0.05) is 0 Å². The maximum atomic E-state index is 8.67. The number of rotatable bonds is 0. The average molecular weight is 186 g/mol. The van der Waals surface area contributed by atoms with Crippen LogP contribution in [0, 0.1) is 0 Å². The Kier molecular flexibility index (Phi) is 21.9. The second-order valence-corrected chi connectivity index (χ2v) is 1.34. The van der Waals surface area contributed by atoms with Crippen LogP contribution in [0.5, 0.6) is 0 Å². The summed E-state index contributed by atoms with van der Waals surface area (Å²) < 4.78 is 46.9. The molecule has 6 nitrogen and oxygen atoms in total. The minimum absolute atomic E-state index is 0. The molecule has 0 aliphatic rings. The van der Waals surface area contributed by atoms with Gasteiger partial charge in [0.1, 0.15) is 0 Å². The summed E-state index contributed by atoms with van der Waals surface area (Å²) >= 11 is -5.47. The van der Waals surface area contributed by atoms with Crippen molar-refractivity contribution in [3.63, 3.8) is 0 Å². The van der Waals surface area contributed by atoms with Crippen molar-refractivity contribution in [1.29, 1.82) is 0 Å². The van der Waals surface area contributed by atoms with Gasteiger partial charge < -0.3 is 9.11 Å². The molecule has 0 aromatic rings. The van der Waals surface area contributed by atoms with Crippen LogP contribution in [0.3, 0.4) is 0 Å². The minimum Gasteiger partial charge on any atom is -0.750 e. The van der Waals surface area contributed by atoms with E-state index in [0.717, 1.165) is 0 Å². The Labute approximate surface area is 78.6 Å². The Balaban J connectivity index is -0.0000000720. The van der Waals surface area contributed by atoms with E-state index in [9.17, 15) is 0 Å². The second kappa shape index (κ2) is 11.9. The van der Waals surface area contributed by atoms with Gasteiger partial charge in [0.15, 0.2) is 0 Å². The van der Waals surface area contributed by atoms with Gasteiger partial charge in [0.25, 0.3) is 11.4 Å². The van der Waals surface area contributed by atoms with Gasteiger partial charge in [-0.25, -0.2) is 4.21 Å². The Morgan fingerprint density at radius 1 is 1.11 bits per heavy atom. The minimum atomic E-state index is -2.86. The third-order valence-corrected chi connectivity index (χ3v) is 0. The van der Waals surface area contributed by atoms with E-state index in [0.29, 0.717) is 0 Å². The molecule has 0 aromatic carbocycles. The predicted octanol–water partition coefficient (Wildman–Crippen LogP) is -3.98. The van der Waals surface area contributed by atoms with Gasteiger partial charge in [0.2, 0.25) is 0 Å². The standard InChI is InChI=1S/Na.2H2O3S/c;2*1-4(2)3/h;2*(H2,1,2,3)/q+1;;/p-1. The molecule has 0 aliphatic carbocycles. The van der Waals surface area contributed by atoms with E-state index in [1.54, 1.807) is 0 Å². The summed E-state index contributed by atoms with van der Waals surface area (Å²) in [5.74, 6) is 0. The van der Waals surface area contributed by atoms with Crippen LogP contribution in [-0.4, -0.2) is 26.6 Å². The zero-order valence-corrected chi connectivity index (χ0v) is 8.02. The summed E-state index contributed by atoms with van der Waals surface area (Å²) in [5.41, 5.74) is 0. The molecule has 9 heavy (non-hydrogen) atoms. The van der Waals surface area contributed by atoms with Gasteiger partial charge in [-0.15, -0.1) is 0 Å². The number of hydrogen-bond acceptors (Lipinski definition) is 3. The summed E-state index contributed by atoms with van der Waals surface area (Å²) in [6.07, 6.45) is 0. The van der Waals surface area contributed by atoms with E-state index in [1.165, 1.54) is 0 Å². The maximum Gasteiger partial charge on any atom is 1.00 e. The molecule has 0 rings (SSSR count). The first kappa shape index (κ1) is 16.6. The van der Waals surface area contributed by atoms with Crippen molar-refractivity contribution in [3.8, 4) is 0 Å². The first-order valence-corrected chi connectivity index (χ1v) is 3.14. The van der Waals surface area contributed by atoms with Crippen LogP contribution in [0.15, 0.2) is 0 Å². The first-order chi connectivity index (χ1) is 3.46. The predicted molar refractivity (Wildman–Crippen MR) is 24.9 cm³/mol. The second-order valence-electron chi connectivity index (χ2n) is 0.448. The van der Waals surface area contributed by atoms with Gasteiger partial charge in [-0.3, -0.25) is 9.11 Å². The summed E-state index contributed by atoms with van der Waals surface area (Å²) in [6, 6.07) is 0. The smallest absolute Gasteiger partial charge is 0.750 e. The fourth-order valence-corrected chi connectivity index (χ4v) is 0. The molecule has 0 bridgehead atoms. The van der Waals surface area contributed by atoms with E-state index >= 15 is 0 Å². The SMILES string of the molecule is O=S(O)O.O=S([O-])O.[Na+]. The monoisotopic (exact) mass is 186 g/mol. The van der Waals surface area contributed by atoms with Crippen molar-refractivity contribution in [1.82, 2.24) is 0 Å². The van der Waals surface area contributed by atoms with Crippen LogP contribution >= 0.6 is 0 Å². The third-order valence-electron chi connectivity index (χ3n) is 0. The average Bonchev–Trinajstić information content (AvgIpc) is 1.25. The third kappa shape index (κ3) is 359. The fourth-order valence-electron chi connectivity index (χ4n) is 0. The summed E-state index contributed by atoms with van der Waals surface area (Å²) in [5, 5.41) is 0. The molecule has 9 heteroatoms. The van der Waals surface area contributed by atoms with Crippen LogP contribution in [0.1, 0.15) is 0 Å². The topological polar surface area (TPSA) is 118 Å². The van der Waals surface area contributed by atoms with Crippen molar-refractivity contribution in [2.75, 3.05) is 0 Å².